The largest absolute Gasteiger partial charge is 0.450 e. The molecule has 0 radical (unpaired) electrons. The van der Waals surface area contributed by atoms with E-state index in [1.165, 1.54) is 6.07 Å². The third kappa shape index (κ3) is 5.25. The quantitative estimate of drug-likeness (QED) is 0.803. The van der Waals surface area contributed by atoms with E-state index >= 15 is 0 Å². The first-order valence-electron chi connectivity index (χ1n) is 9.01. The van der Waals surface area contributed by atoms with Crippen LogP contribution in [0.1, 0.15) is 25.3 Å². The van der Waals surface area contributed by atoms with E-state index in [4.69, 9.17) is 4.74 Å². The molecule has 144 valence electrons. The molecule has 27 heavy (non-hydrogen) atoms. The summed E-state index contributed by atoms with van der Waals surface area (Å²) in [5, 5.41) is 14.2. The second kappa shape index (κ2) is 9.11. The number of hydrogen-bond donors (Lipinski definition) is 2. The van der Waals surface area contributed by atoms with Crippen LogP contribution < -0.4 is 10.6 Å². The molecule has 2 aromatic rings. The van der Waals surface area contributed by atoms with Crippen molar-refractivity contribution in [3.8, 4) is 0 Å². The highest BCUT2D eigenvalue weighted by Crippen LogP contribution is 2.16. The lowest BCUT2D eigenvalue weighted by molar-refractivity contribution is 0.0983. The van der Waals surface area contributed by atoms with Gasteiger partial charge in [0, 0.05) is 31.2 Å². The Morgan fingerprint density at radius 1 is 1.33 bits per heavy atom. The van der Waals surface area contributed by atoms with E-state index < -0.39 is 0 Å². The Bertz CT molecular complexity index is 767. The zero-order valence-electron chi connectivity index (χ0n) is 15.2. The summed E-state index contributed by atoms with van der Waals surface area (Å²) in [7, 11) is 0. The smallest absolute Gasteiger partial charge is 0.409 e. The Kier molecular flexibility index (Phi) is 6.35. The number of carbonyl (C=O) groups excluding carboxylic acids is 1. The van der Waals surface area contributed by atoms with Gasteiger partial charge >= 0.3 is 6.09 Å². The number of amides is 1. The fourth-order valence-electron chi connectivity index (χ4n) is 2.89. The van der Waals surface area contributed by atoms with Crippen LogP contribution in [-0.2, 0) is 11.3 Å². The maximum atomic E-state index is 13.7. The standard InChI is InChI=1S/C18H23FN6O2/c1-2-27-18(26)25-9-7-14(8-10-25)22-16-12-21-24-17(23-16)20-11-13-5-3-4-6-15(13)19/h3-6,12,14H,2,7-11H2,1H3,(H2,20,22,23,24). The molecule has 0 spiro atoms. The van der Waals surface area contributed by atoms with Crippen LogP contribution in [0, 0.1) is 5.82 Å². The van der Waals surface area contributed by atoms with Crippen molar-refractivity contribution in [1.29, 1.82) is 0 Å². The molecule has 1 amide bonds. The van der Waals surface area contributed by atoms with Crippen LogP contribution in [0.2, 0.25) is 0 Å². The van der Waals surface area contributed by atoms with Crippen molar-refractivity contribution < 1.29 is 13.9 Å². The van der Waals surface area contributed by atoms with Gasteiger partial charge in [-0.15, -0.1) is 5.10 Å². The molecule has 0 bridgehead atoms. The van der Waals surface area contributed by atoms with Crippen molar-refractivity contribution in [2.75, 3.05) is 30.3 Å². The minimum absolute atomic E-state index is 0.187. The highest BCUT2D eigenvalue weighted by molar-refractivity contribution is 5.67. The molecule has 2 N–H and O–H groups in total. The number of piperidine rings is 1. The highest BCUT2D eigenvalue weighted by atomic mass is 19.1. The lowest BCUT2D eigenvalue weighted by Crippen LogP contribution is -2.42. The monoisotopic (exact) mass is 374 g/mol. The van der Waals surface area contributed by atoms with E-state index in [9.17, 15) is 9.18 Å². The molecule has 1 aromatic carbocycles. The van der Waals surface area contributed by atoms with Gasteiger partial charge in [-0.25, -0.2) is 9.18 Å². The van der Waals surface area contributed by atoms with E-state index in [0.717, 1.165) is 12.8 Å². The topological polar surface area (TPSA) is 92.3 Å². The predicted octanol–water partition coefficient (Wildman–Crippen LogP) is 2.66. The molecule has 1 aromatic heterocycles. The molecule has 2 heterocycles. The van der Waals surface area contributed by atoms with Gasteiger partial charge in [0.1, 0.15) is 5.82 Å². The van der Waals surface area contributed by atoms with Crippen LogP contribution in [0.25, 0.3) is 0 Å². The second-order valence-electron chi connectivity index (χ2n) is 6.21. The number of anilines is 2. The van der Waals surface area contributed by atoms with E-state index in [2.05, 4.69) is 25.8 Å². The Hall–Kier alpha value is -2.97. The summed E-state index contributed by atoms with van der Waals surface area (Å²) in [6.45, 7) is 3.72. The third-order valence-electron chi connectivity index (χ3n) is 4.33. The minimum atomic E-state index is -0.277. The van der Waals surface area contributed by atoms with Crippen molar-refractivity contribution in [3.05, 3.63) is 41.8 Å². The number of carbonyl (C=O) groups is 1. The Morgan fingerprint density at radius 2 is 2.11 bits per heavy atom. The van der Waals surface area contributed by atoms with Gasteiger partial charge in [0.25, 0.3) is 0 Å². The number of hydrogen-bond acceptors (Lipinski definition) is 7. The van der Waals surface area contributed by atoms with Crippen molar-refractivity contribution in [3.63, 3.8) is 0 Å². The number of nitrogens with one attached hydrogen (secondary N) is 2. The van der Waals surface area contributed by atoms with Crippen molar-refractivity contribution in [2.24, 2.45) is 0 Å². The molecule has 1 aliphatic heterocycles. The molecule has 0 aliphatic carbocycles. The molecule has 1 aliphatic rings. The average Bonchev–Trinajstić information content (AvgIpc) is 2.68. The molecule has 9 heteroatoms. The van der Waals surface area contributed by atoms with Crippen LogP contribution in [0.15, 0.2) is 30.5 Å². The van der Waals surface area contributed by atoms with E-state index in [1.807, 2.05) is 0 Å². The number of likely N-dealkylation sites (tertiary alicyclic amines) is 1. The van der Waals surface area contributed by atoms with E-state index in [0.29, 0.717) is 37.0 Å². The van der Waals surface area contributed by atoms with Crippen LogP contribution in [0.3, 0.4) is 0 Å². The second-order valence-corrected chi connectivity index (χ2v) is 6.21. The van der Waals surface area contributed by atoms with Crippen LogP contribution in [-0.4, -0.2) is 51.9 Å². The first-order valence-corrected chi connectivity index (χ1v) is 9.01. The first-order chi connectivity index (χ1) is 13.2. The van der Waals surface area contributed by atoms with E-state index in [1.54, 1.807) is 36.2 Å². The fourth-order valence-corrected chi connectivity index (χ4v) is 2.89. The fraction of sp³-hybridized carbons (Fsp3) is 0.444. The Labute approximate surface area is 157 Å². The van der Waals surface area contributed by atoms with Gasteiger partial charge in [-0.1, -0.05) is 18.2 Å². The van der Waals surface area contributed by atoms with Crippen LogP contribution in [0.4, 0.5) is 21.0 Å². The number of ether oxygens (including phenoxy) is 1. The van der Waals surface area contributed by atoms with Crippen LogP contribution >= 0.6 is 0 Å². The van der Waals surface area contributed by atoms with Gasteiger partial charge in [-0.05, 0) is 25.8 Å². The maximum Gasteiger partial charge on any atom is 0.409 e. The Balaban J connectivity index is 1.51. The van der Waals surface area contributed by atoms with Gasteiger partial charge in [0.05, 0.1) is 12.8 Å². The summed E-state index contributed by atoms with van der Waals surface area (Å²) in [5.74, 6) is 0.642. The normalized spacial score (nSPS) is 14.7. The summed E-state index contributed by atoms with van der Waals surface area (Å²) >= 11 is 0. The SMILES string of the molecule is CCOC(=O)N1CCC(Nc2cnnc(NCc3ccccc3F)n2)CC1. The molecular formula is C18H23FN6O2. The van der Waals surface area contributed by atoms with Crippen molar-refractivity contribution in [2.45, 2.75) is 32.4 Å². The highest BCUT2D eigenvalue weighted by Gasteiger charge is 2.23. The molecule has 0 unspecified atom stereocenters. The molecule has 8 nitrogen and oxygen atoms in total. The van der Waals surface area contributed by atoms with Gasteiger partial charge in [0.15, 0.2) is 5.82 Å². The summed E-state index contributed by atoms with van der Waals surface area (Å²) in [6, 6.07) is 6.73. The van der Waals surface area contributed by atoms with Crippen molar-refractivity contribution in [1.82, 2.24) is 20.1 Å². The average molecular weight is 374 g/mol. The molecule has 3 rings (SSSR count). The molecule has 0 atom stereocenters. The van der Waals surface area contributed by atoms with Gasteiger partial charge in [0.2, 0.25) is 5.95 Å². The molecule has 0 saturated carbocycles. The number of aromatic nitrogens is 3. The molecule has 1 saturated heterocycles. The summed E-state index contributed by atoms with van der Waals surface area (Å²) in [6.07, 6.45) is 2.87. The number of rotatable bonds is 6. The van der Waals surface area contributed by atoms with Gasteiger partial charge in [-0.2, -0.15) is 10.1 Å². The van der Waals surface area contributed by atoms with Crippen molar-refractivity contribution >= 4 is 17.9 Å². The Morgan fingerprint density at radius 3 is 2.85 bits per heavy atom. The number of nitrogens with zero attached hydrogens (tertiary/aromatic N) is 4. The lowest BCUT2D eigenvalue weighted by atomic mass is 10.1. The minimum Gasteiger partial charge on any atom is -0.450 e. The predicted molar refractivity (Wildman–Crippen MR) is 98.8 cm³/mol. The number of benzene rings is 1. The number of halogens is 1. The zero-order valence-corrected chi connectivity index (χ0v) is 15.2. The van der Waals surface area contributed by atoms with Gasteiger partial charge < -0.3 is 20.3 Å². The molecule has 1 fully saturated rings. The van der Waals surface area contributed by atoms with Crippen LogP contribution in [0.5, 0.6) is 0 Å². The zero-order chi connectivity index (χ0) is 19.1. The summed E-state index contributed by atoms with van der Waals surface area (Å²) < 4.78 is 18.7. The molecular weight excluding hydrogens is 351 g/mol. The summed E-state index contributed by atoms with van der Waals surface area (Å²) in [5.41, 5.74) is 0.533. The lowest BCUT2D eigenvalue weighted by Gasteiger charge is -2.31. The maximum absolute atomic E-state index is 13.7. The summed E-state index contributed by atoms with van der Waals surface area (Å²) in [4.78, 5) is 17.8. The van der Waals surface area contributed by atoms with Gasteiger partial charge in [-0.3, -0.25) is 0 Å². The van der Waals surface area contributed by atoms with E-state index in [-0.39, 0.29) is 24.5 Å². The third-order valence-corrected chi connectivity index (χ3v) is 4.33. The first kappa shape index (κ1) is 18.8.